The fourth-order valence-corrected chi connectivity index (χ4v) is 4.12. The SMILES string of the molecule is C=C(CCC=N/C(=C\C)C(C)(C)OC)C(=C/C)/C(=C\CC)c1cc(=O)n(C2CCOCC2)cn1.CC. The fourth-order valence-electron chi connectivity index (χ4n) is 4.12. The molecule has 1 aliphatic heterocycles. The maximum Gasteiger partial charge on any atom is 0.254 e. The molecular formula is C30H47N3O3. The van der Waals surface area contributed by atoms with Gasteiger partial charge in [-0.3, -0.25) is 14.4 Å². The number of hydrogen-bond donors (Lipinski definition) is 0. The minimum Gasteiger partial charge on any atom is -0.381 e. The summed E-state index contributed by atoms with van der Waals surface area (Å²) in [6, 6.07) is 1.81. The first-order valence-electron chi connectivity index (χ1n) is 13.2. The molecule has 1 saturated heterocycles. The van der Waals surface area contributed by atoms with Crippen LogP contribution in [0.2, 0.25) is 0 Å². The van der Waals surface area contributed by atoms with E-state index in [1.165, 1.54) is 0 Å². The second-order valence-electron chi connectivity index (χ2n) is 8.93. The number of hydrogen-bond acceptors (Lipinski definition) is 5. The summed E-state index contributed by atoms with van der Waals surface area (Å²) in [6.07, 6.45) is 13.8. The molecule has 1 fully saturated rings. The Bertz CT molecular complexity index is 1010. The van der Waals surface area contributed by atoms with Gasteiger partial charge in [-0.1, -0.05) is 45.6 Å². The lowest BCUT2D eigenvalue weighted by atomic mass is 9.92. The first-order valence-corrected chi connectivity index (χ1v) is 13.2. The summed E-state index contributed by atoms with van der Waals surface area (Å²) in [5.41, 5.74) is 4.12. The van der Waals surface area contributed by atoms with Crippen molar-refractivity contribution >= 4 is 11.8 Å². The molecule has 36 heavy (non-hydrogen) atoms. The highest BCUT2D eigenvalue weighted by atomic mass is 16.5. The highest BCUT2D eigenvalue weighted by molar-refractivity contribution is 5.81. The lowest BCUT2D eigenvalue weighted by Gasteiger charge is -2.24. The molecule has 0 atom stereocenters. The second kappa shape index (κ2) is 16.2. The van der Waals surface area contributed by atoms with E-state index in [9.17, 15) is 4.79 Å². The number of methoxy groups -OCH3 is 1. The van der Waals surface area contributed by atoms with Gasteiger partial charge in [-0.15, -0.1) is 0 Å². The van der Waals surface area contributed by atoms with Crippen LogP contribution in [-0.4, -0.2) is 41.7 Å². The van der Waals surface area contributed by atoms with Gasteiger partial charge in [0.1, 0.15) is 5.60 Å². The van der Waals surface area contributed by atoms with Crippen molar-refractivity contribution in [1.82, 2.24) is 9.55 Å². The average molecular weight is 498 g/mol. The Morgan fingerprint density at radius 2 is 1.94 bits per heavy atom. The molecule has 0 radical (unpaired) electrons. The van der Waals surface area contributed by atoms with Crippen molar-refractivity contribution in [3.8, 4) is 0 Å². The summed E-state index contributed by atoms with van der Waals surface area (Å²) < 4.78 is 12.7. The third kappa shape index (κ3) is 8.82. The van der Waals surface area contributed by atoms with Crippen molar-refractivity contribution in [3.63, 3.8) is 0 Å². The van der Waals surface area contributed by atoms with Crippen LogP contribution in [0.25, 0.3) is 5.57 Å². The van der Waals surface area contributed by atoms with Gasteiger partial charge in [0.15, 0.2) is 0 Å². The van der Waals surface area contributed by atoms with Crippen LogP contribution in [0.1, 0.15) is 92.3 Å². The van der Waals surface area contributed by atoms with Gasteiger partial charge in [-0.05, 0) is 70.9 Å². The van der Waals surface area contributed by atoms with E-state index in [1.807, 2.05) is 53.8 Å². The number of allylic oxidation sites excluding steroid dienone is 6. The van der Waals surface area contributed by atoms with Crippen LogP contribution in [0.3, 0.4) is 0 Å². The predicted octanol–water partition coefficient (Wildman–Crippen LogP) is 7.10. The van der Waals surface area contributed by atoms with Crippen molar-refractivity contribution < 1.29 is 9.47 Å². The molecule has 0 saturated carbocycles. The molecule has 0 spiro atoms. The van der Waals surface area contributed by atoms with Crippen molar-refractivity contribution in [2.45, 2.75) is 92.2 Å². The Labute approximate surface area is 218 Å². The van der Waals surface area contributed by atoms with E-state index in [1.54, 1.807) is 24.1 Å². The molecule has 1 aromatic rings. The van der Waals surface area contributed by atoms with Crippen LogP contribution >= 0.6 is 0 Å². The fraction of sp³-hybridized carbons (Fsp3) is 0.567. The monoisotopic (exact) mass is 497 g/mol. The number of nitrogens with zero attached hydrogens (tertiary/aromatic N) is 3. The molecule has 200 valence electrons. The van der Waals surface area contributed by atoms with E-state index >= 15 is 0 Å². The molecular weight excluding hydrogens is 450 g/mol. The van der Waals surface area contributed by atoms with Crippen molar-refractivity contribution in [3.05, 3.63) is 70.1 Å². The summed E-state index contributed by atoms with van der Waals surface area (Å²) in [5, 5.41) is 0. The summed E-state index contributed by atoms with van der Waals surface area (Å²) in [6.45, 7) is 19.8. The highest BCUT2D eigenvalue weighted by Gasteiger charge is 2.21. The largest absolute Gasteiger partial charge is 0.381 e. The minimum absolute atomic E-state index is 0.0215. The van der Waals surface area contributed by atoms with Gasteiger partial charge >= 0.3 is 0 Å². The van der Waals surface area contributed by atoms with Crippen LogP contribution in [0.4, 0.5) is 0 Å². The predicted molar refractivity (Wildman–Crippen MR) is 153 cm³/mol. The third-order valence-electron chi connectivity index (χ3n) is 6.27. The Morgan fingerprint density at radius 3 is 2.47 bits per heavy atom. The van der Waals surface area contributed by atoms with Gasteiger partial charge in [-0.25, -0.2) is 4.98 Å². The zero-order valence-corrected chi connectivity index (χ0v) is 23.8. The highest BCUT2D eigenvalue weighted by Crippen LogP contribution is 2.29. The summed E-state index contributed by atoms with van der Waals surface area (Å²) in [5.74, 6) is 0. The van der Waals surface area contributed by atoms with Crippen molar-refractivity contribution in [2.24, 2.45) is 4.99 Å². The molecule has 0 aromatic carbocycles. The Kier molecular flexibility index (Phi) is 14.2. The molecule has 1 aromatic heterocycles. The van der Waals surface area contributed by atoms with E-state index in [0.29, 0.717) is 18.9 Å². The summed E-state index contributed by atoms with van der Waals surface area (Å²) in [4.78, 5) is 22.2. The number of aromatic nitrogens is 2. The van der Waals surface area contributed by atoms with E-state index in [-0.39, 0.29) is 11.6 Å². The lowest BCUT2D eigenvalue weighted by Crippen LogP contribution is -2.29. The van der Waals surface area contributed by atoms with E-state index in [2.05, 4.69) is 35.6 Å². The maximum atomic E-state index is 12.9. The van der Waals surface area contributed by atoms with Gasteiger partial charge < -0.3 is 9.47 Å². The van der Waals surface area contributed by atoms with E-state index < -0.39 is 5.60 Å². The van der Waals surface area contributed by atoms with E-state index in [4.69, 9.17) is 9.47 Å². The van der Waals surface area contributed by atoms with Gasteiger partial charge in [-0.2, -0.15) is 0 Å². The normalized spacial score (nSPS) is 16.2. The molecule has 6 heteroatoms. The average Bonchev–Trinajstić information content (AvgIpc) is 2.90. The Hall–Kier alpha value is -2.57. The molecule has 0 amide bonds. The number of rotatable bonds is 11. The van der Waals surface area contributed by atoms with Gasteiger partial charge in [0, 0.05) is 44.2 Å². The third-order valence-corrected chi connectivity index (χ3v) is 6.27. The van der Waals surface area contributed by atoms with Gasteiger partial charge in [0.2, 0.25) is 0 Å². The lowest BCUT2D eigenvalue weighted by molar-refractivity contribution is 0.0540. The smallest absolute Gasteiger partial charge is 0.254 e. The molecule has 1 aliphatic rings. The van der Waals surface area contributed by atoms with Crippen molar-refractivity contribution in [2.75, 3.05) is 20.3 Å². The number of ether oxygens (including phenoxy) is 2. The molecule has 2 rings (SSSR count). The Balaban J connectivity index is 0.00000316. The summed E-state index contributed by atoms with van der Waals surface area (Å²) in [7, 11) is 1.69. The van der Waals surface area contributed by atoms with Crippen LogP contribution in [-0.2, 0) is 9.47 Å². The van der Waals surface area contributed by atoms with Gasteiger partial charge in [0.05, 0.1) is 17.7 Å². The van der Waals surface area contributed by atoms with Crippen LogP contribution in [0, 0.1) is 0 Å². The number of aliphatic imine (C=N–C) groups is 1. The molecule has 0 aliphatic carbocycles. The van der Waals surface area contributed by atoms with Crippen LogP contribution in [0.15, 0.2) is 63.8 Å². The summed E-state index contributed by atoms with van der Waals surface area (Å²) >= 11 is 0. The zero-order valence-electron chi connectivity index (χ0n) is 23.8. The maximum absolute atomic E-state index is 12.9. The zero-order chi connectivity index (χ0) is 27.1. The molecule has 0 N–H and O–H groups in total. The van der Waals surface area contributed by atoms with Gasteiger partial charge in [0.25, 0.3) is 5.56 Å². The molecule has 0 bridgehead atoms. The molecule has 2 heterocycles. The molecule has 0 unspecified atom stereocenters. The van der Waals surface area contributed by atoms with Crippen LogP contribution in [0.5, 0.6) is 0 Å². The van der Waals surface area contributed by atoms with Crippen LogP contribution < -0.4 is 5.56 Å². The first kappa shape index (κ1) is 31.5. The standard InChI is InChI=1S/C28H41N3O3.C2H6/c1-8-12-24(25-19-27(32)31(20-30-25)22-14-17-34-18-15-22)23(9-2)21(4)13-11-16-29-26(10-3)28(5,6)33-7;1-2/h9-10,12,16,19-20,22H,4,8,11,13-15,17-18H2,1-3,5-7H3;1-2H3/b23-9-,24-12+,26-10-,29-16?;. The first-order chi connectivity index (χ1) is 17.3. The quantitative estimate of drug-likeness (QED) is 0.242. The minimum atomic E-state index is -0.426. The molecule has 6 nitrogen and oxygen atoms in total. The second-order valence-corrected chi connectivity index (χ2v) is 8.93. The van der Waals surface area contributed by atoms with E-state index in [0.717, 1.165) is 54.5 Å². The Morgan fingerprint density at radius 1 is 1.28 bits per heavy atom. The van der Waals surface area contributed by atoms with Crippen molar-refractivity contribution in [1.29, 1.82) is 0 Å². The topological polar surface area (TPSA) is 65.7 Å².